The molecular weight excluding hydrogens is 556 g/mol. The minimum atomic E-state index is -4.64. The summed E-state index contributed by atoms with van der Waals surface area (Å²) < 4.78 is 31.4. The van der Waals surface area contributed by atoms with Crippen LogP contribution < -0.4 is 11.2 Å². The zero-order chi connectivity index (χ0) is 26.3. The van der Waals surface area contributed by atoms with Gasteiger partial charge in [0.25, 0.3) is 5.56 Å². The predicted molar refractivity (Wildman–Crippen MR) is 104 cm³/mol. The maximum atomic E-state index is 11.6. The number of halogens is 2. The summed E-state index contributed by atoms with van der Waals surface area (Å²) >= 11 is 11.9. The van der Waals surface area contributed by atoms with Crippen LogP contribution in [0.4, 0.5) is 0 Å². The molecule has 3 atom stereocenters. The Morgan fingerprint density at radius 2 is 1.28 bits per heavy atom. The molecule has 18 nitrogen and oxygen atoms in total. The topological polar surface area (TPSA) is 318 Å². The van der Waals surface area contributed by atoms with Crippen molar-refractivity contribution in [2.75, 3.05) is 0 Å². The Bertz CT molecular complexity index is 905. The van der Waals surface area contributed by atoms with E-state index in [1.54, 1.807) is 6.92 Å². The van der Waals surface area contributed by atoms with E-state index in [-0.39, 0.29) is 0 Å². The Hall–Kier alpha value is -0.490. The lowest BCUT2D eigenvalue weighted by Crippen LogP contribution is -2.40. The third-order valence-corrected chi connectivity index (χ3v) is 3.44. The van der Waals surface area contributed by atoms with Gasteiger partial charge in [-0.1, -0.05) is 23.2 Å². The van der Waals surface area contributed by atoms with Crippen LogP contribution in [0.5, 0.6) is 0 Å². The van der Waals surface area contributed by atoms with Gasteiger partial charge >= 0.3 is 29.2 Å². The van der Waals surface area contributed by atoms with Crippen molar-refractivity contribution in [1.29, 1.82) is 0 Å². The number of H-pyrrole nitrogens is 1. The zero-order valence-electron chi connectivity index (χ0n) is 15.4. The van der Waals surface area contributed by atoms with Gasteiger partial charge in [0.15, 0.2) is 10.6 Å². The van der Waals surface area contributed by atoms with E-state index in [1.807, 2.05) is 0 Å². The molecule has 0 aliphatic carbocycles. The lowest BCUT2D eigenvalue weighted by Gasteiger charge is -2.23. The van der Waals surface area contributed by atoms with Gasteiger partial charge in [-0.3, -0.25) is 14.3 Å². The van der Waals surface area contributed by atoms with Crippen molar-refractivity contribution in [2.45, 2.75) is 29.7 Å². The van der Waals surface area contributed by atoms with Gasteiger partial charge in [0.1, 0.15) is 6.10 Å². The first-order valence-corrected chi connectivity index (χ1v) is 12.7. The number of alkyl halides is 2. The number of aliphatic hydroxyl groups excluding tert-OH is 1. The summed E-state index contributed by atoms with van der Waals surface area (Å²) in [6, 6.07) is 1.14. The molecule has 1 aliphatic heterocycles. The standard InChI is InChI=1S/C9H10Cl2N2O4.3H3O4P/c1-4-6(15)9(10,11)7(17-4)13-3-2-5(14)12-8(13)16;3*1-5(2,3)4/h2-4,6-7,15H,1H3,(H,12,14,16);3*(H3,1,2,3,4)/t4-,6-,7-;;;/m1.../s1. The van der Waals surface area contributed by atoms with Crippen molar-refractivity contribution >= 4 is 46.7 Å². The van der Waals surface area contributed by atoms with E-state index >= 15 is 0 Å². The lowest BCUT2D eigenvalue weighted by atomic mass is 10.2. The molecule has 32 heavy (non-hydrogen) atoms. The smallest absolute Gasteiger partial charge is 0.387 e. The molecule has 11 N–H and O–H groups in total. The van der Waals surface area contributed by atoms with Gasteiger partial charge in [0, 0.05) is 12.3 Å². The molecule has 0 radical (unpaired) electrons. The Morgan fingerprint density at radius 3 is 1.53 bits per heavy atom. The number of aromatic amines is 1. The number of ether oxygens (including phenoxy) is 1. The lowest BCUT2D eigenvalue weighted by molar-refractivity contribution is -0.0107. The molecule has 0 unspecified atom stereocenters. The van der Waals surface area contributed by atoms with Gasteiger partial charge in [-0.15, -0.1) is 0 Å². The molecular formula is C9H19Cl2N2O16P3. The summed E-state index contributed by atoms with van der Waals surface area (Å²) in [4.78, 5) is 89.2. The molecule has 1 aromatic heterocycles. The largest absolute Gasteiger partial charge is 0.466 e. The highest BCUT2D eigenvalue weighted by atomic mass is 35.5. The van der Waals surface area contributed by atoms with Crippen LogP contribution in [0.25, 0.3) is 0 Å². The summed E-state index contributed by atoms with van der Waals surface area (Å²) in [7, 11) is -13.9. The first-order chi connectivity index (χ1) is 13.8. The van der Waals surface area contributed by atoms with Crippen LogP contribution in [0.15, 0.2) is 21.9 Å². The van der Waals surface area contributed by atoms with Crippen molar-refractivity contribution in [3.05, 3.63) is 33.1 Å². The van der Waals surface area contributed by atoms with Crippen LogP contribution in [0.3, 0.4) is 0 Å². The molecule has 1 saturated heterocycles. The fourth-order valence-corrected chi connectivity index (χ4v) is 2.36. The summed E-state index contributed by atoms with van der Waals surface area (Å²) in [5.74, 6) is 0. The minimum Gasteiger partial charge on any atom is -0.387 e. The van der Waals surface area contributed by atoms with E-state index in [9.17, 15) is 14.7 Å². The molecule has 0 aromatic carbocycles. The van der Waals surface area contributed by atoms with Gasteiger partial charge in [-0.2, -0.15) is 0 Å². The van der Waals surface area contributed by atoms with Crippen molar-refractivity contribution in [2.24, 2.45) is 0 Å². The Labute approximate surface area is 187 Å². The summed E-state index contributed by atoms with van der Waals surface area (Å²) in [5.41, 5.74) is -1.23. The second-order valence-corrected chi connectivity index (χ2v) is 9.89. The number of aliphatic hydroxyl groups is 1. The molecule has 0 amide bonds. The molecule has 190 valence electrons. The van der Waals surface area contributed by atoms with Crippen LogP contribution in [0, 0.1) is 0 Å². The van der Waals surface area contributed by atoms with Crippen molar-refractivity contribution in [3.8, 4) is 0 Å². The minimum absolute atomic E-state index is 0.535. The predicted octanol–water partition coefficient (Wildman–Crippen LogP) is -2.80. The Kier molecular flexibility index (Phi) is 13.5. The Balaban J connectivity index is 0. The number of nitrogens with one attached hydrogen (secondary N) is 1. The molecule has 0 saturated carbocycles. The molecule has 0 bridgehead atoms. The van der Waals surface area contributed by atoms with Gasteiger partial charge in [0.2, 0.25) is 0 Å². The van der Waals surface area contributed by atoms with Crippen molar-refractivity contribution < 1.29 is 67.6 Å². The van der Waals surface area contributed by atoms with Crippen molar-refractivity contribution in [1.82, 2.24) is 9.55 Å². The summed E-state index contributed by atoms with van der Waals surface area (Å²) in [6.07, 6.45) is -1.58. The van der Waals surface area contributed by atoms with E-state index in [0.717, 1.165) is 10.6 Å². The van der Waals surface area contributed by atoms with Crippen LogP contribution in [0.2, 0.25) is 0 Å². The fraction of sp³-hybridized carbons (Fsp3) is 0.556. The monoisotopic (exact) mass is 574 g/mol. The van der Waals surface area contributed by atoms with E-state index in [1.165, 1.54) is 6.20 Å². The number of aromatic nitrogens is 2. The van der Waals surface area contributed by atoms with Crippen LogP contribution in [0.1, 0.15) is 13.2 Å². The van der Waals surface area contributed by atoms with Crippen LogP contribution in [-0.2, 0) is 18.4 Å². The average molecular weight is 575 g/mol. The first-order valence-electron chi connectivity index (χ1n) is 7.21. The number of nitrogens with zero attached hydrogens (tertiary/aromatic N) is 1. The van der Waals surface area contributed by atoms with E-state index in [4.69, 9.17) is 85.7 Å². The second-order valence-electron chi connectivity index (χ2n) is 5.37. The van der Waals surface area contributed by atoms with E-state index in [2.05, 4.69) is 4.98 Å². The maximum Gasteiger partial charge on any atom is 0.466 e. The van der Waals surface area contributed by atoms with Gasteiger partial charge in [-0.25, -0.2) is 18.5 Å². The first kappa shape index (κ1) is 33.7. The summed E-state index contributed by atoms with van der Waals surface area (Å²) in [5, 5.41) is 9.73. The van der Waals surface area contributed by atoms with Gasteiger partial charge in [0.05, 0.1) is 6.10 Å². The molecule has 0 spiro atoms. The molecule has 2 rings (SSSR count). The zero-order valence-corrected chi connectivity index (χ0v) is 19.5. The van der Waals surface area contributed by atoms with Gasteiger partial charge < -0.3 is 53.9 Å². The third-order valence-electron chi connectivity index (χ3n) is 2.62. The van der Waals surface area contributed by atoms with Crippen molar-refractivity contribution in [3.63, 3.8) is 0 Å². The molecule has 23 heteroatoms. The quantitative estimate of drug-likeness (QED) is 0.119. The SMILES string of the molecule is C[C@H]1O[C@@H](n2ccc(=O)[nH]c2=O)C(Cl)(Cl)[C@@H]1O.O=P(O)(O)O.O=P(O)(O)O.O=P(O)(O)O. The van der Waals surface area contributed by atoms with Gasteiger partial charge in [-0.05, 0) is 6.92 Å². The highest BCUT2D eigenvalue weighted by Crippen LogP contribution is 2.45. The Morgan fingerprint density at radius 1 is 0.938 bits per heavy atom. The number of rotatable bonds is 1. The van der Waals surface area contributed by atoms with Crippen LogP contribution in [-0.4, -0.2) is 75.2 Å². The van der Waals surface area contributed by atoms with E-state index in [0.29, 0.717) is 0 Å². The molecule has 1 aliphatic rings. The summed E-state index contributed by atoms with van der Waals surface area (Å²) in [6.45, 7) is 1.58. The molecule has 1 aromatic rings. The maximum absolute atomic E-state index is 11.6. The average Bonchev–Trinajstić information content (AvgIpc) is 2.65. The molecule has 2 heterocycles. The highest BCUT2D eigenvalue weighted by Gasteiger charge is 2.54. The number of phosphoric acid groups is 3. The second kappa shape index (κ2) is 12.8. The normalized spacial score (nSPS) is 22.3. The highest BCUT2D eigenvalue weighted by molar-refractivity contribution is 7.45. The number of hydrogen-bond donors (Lipinski definition) is 11. The fourth-order valence-electron chi connectivity index (χ4n) is 1.69. The van der Waals surface area contributed by atoms with Crippen LogP contribution >= 0.6 is 46.7 Å². The molecule has 1 fully saturated rings. The third kappa shape index (κ3) is 18.0. The van der Waals surface area contributed by atoms with E-state index < -0.39 is 57.5 Å². The number of hydrogen-bond acceptors (Lipinski definition) is 7.